The Morgan fingerprint density at radius 2 is 1.96 bits per heavy atom. The first-order valence-corrected chi connectivity index (χ1v) is 9.04. The van der Waals surface area contributed by atoms with Crippen LogP contribution in [0, 0.1) is 0 Å². The molecule has 26 heavy (non-hydrogen) atoms. The molecule has 0 spiro atoms. The number of aromatic nitrogens is 2. The van der Waals surface area contributed by atoms with Crippen molar-refractivity contribution in [1.29, 1.82) is 0 Å². The molecule has 2 atom stereocenters. The number of hydroxylamine groups is 1. The molecule has 2 N–H and O–H groups in total. The lowest BCUT2D eigenvalue weighted by Gasteiger charge is -2.17. The van der Waals surface area contributed by atoms with E-state index in [-0.39, 0.29) is 0 Å². The number of thioether (sulfide) groups is 1. The summed E-state index contributed by atoms with van der Waals surface area (Å²) >= 11 is 1.35. The third kappa shape index (κ3) is 3.24. The van der Waals surface area contributed by atoms with Gasteiger partial charge in [0.2, 0.25) is 0 Å². The number of nitrogens with zero attached hydrogens (tertiary/aromatic N) is 2. The summed E-state index contributed by atoms with van der Waals surface area (Å²) in [5.41, 5.74) is 4.60. The van der Waals surface area contributed by atoms with Crippen LogP contribution in [-0.4, -0.2) is 32.0 Å². The van der Waals surface area contributed by atoms with Crippen LogP contribution in [0.1, 0.15) is 5.56 Å². The van der Waals surface area contributed by atoms with E-state index in [0.717, 1.165) is 21.6 Å². The van der Waals surface area contributed by atoms with Gasteiger partial charge < -0.3 is 4.74 Å². The quantitative estimate of drug-likeness (QED) is 0.535. The molecule has 1 aromatic heterocycles. The number of ether oxygens (including phenoxy) is 1. The zero-order valence-corrected chi connectivity index (χ0v) is 14.6. The van der Waals surface area contributed by atoms with Gasteiger partial charge in [-0.25, -0.2) is 10.5 Å². The Morgan fingerprint density at radius 3 is 2.77 bits per heavy atom. The smallest absolute Gasteiger partial charge is 0.259 e. The topological polar surface area (TPSA) is 76.4 Å². The van der Waals surface area contributed by atoms with Crippen molar-refractivity contribution in [1.82, 2.24) is 15.0 Å². The first-order valence-electron chi connectivity index (χ1n) is 8.16. The van der Waals surface area contributed by atoms with Crippen molar-refractivity contribution in [2.24, 2.45) is 0 Å². The predicted molar refractivity (Wildman–Crippen MR) is 100 cm³/mol. The second-order valence-corrected chi connectivity index (χ2v) is 7.05. The fraction of sp³-hybridized carbons (Fsp3) is 0.158. The highest BCUT2D eigenvalue weighted by Gasteiger charge is 2.36. The van der Waals surface area contributed by atoms with Gasteiger partial charge in [0.25, 0.3) is 5.91 Å². The monoisotopic (exact) mass is 367 g/mol. The van der Waals surface area contributed by atoms with E-state index in [9.17, 15) is 4.79 Å². The van der Waals surface area contributed by atoms with Crippen LogP contribution in [0.25, 0.3) is 16.1 Å². The van der Waals surface area contributed by atoms with Crippen LogP contribution in [0.2, 0.25) is 0 Å². The average Bonchev–Trinajstić information content (AvgIpc) is 3.30. The van der Waals surface area contributed by atoms with Crippen molar-refractivity contribution in [3.8, 4) is 0 Å². The van der Waals surface area contributed by atoms with E-state index in [4.69, 9.17) is 9.94 Å². The van der Waals surface area contributed by atoms with Crippen LogP contribution in [0.3, 0.4) is 0 Å². The minimum atomic E-state index is -0.570. The molecule has 2 heterocycles. The van der Waals surface area contributed by atoms with Gasteiger partial charge in [-0.3, -0.25) is 14.6 Å². The second kappa shape index (κ2) is 7.33. The molecule has 4 rings (SSSR count). The molecule has 3 aromatic rings. The minimum Gasteiger partial charge on any atom is -0.368 e. The van der Waals surface area contributed by atoms with Gasteiger partial charge in [0, 0.05) is 0 Å². The van der Waals surface area contributed by atoms with Crippen LogP contribution in [0.4, 0.5) is 0 Å². The van der Waals surface area contributed by atoms with Crippen LogP contribution >= 0.6 is 11.8 Å². The number of amides is 1. The molecular weight excluding hydrogens is 350 g/mol. The first kappa shape index (κ1) is 16.8. The van der Waals surface area contributed by atoms with Crippen LogP contribution in [0.5, 0.6) is 0 Å². The number of hydrogen-bond donors (Lipinski definition) is 2. The third-order valence-electron chi connectivity index (χ3n) is 4.20. The molecule has 2 aromatic carbocycles. The van der Waals surface area contributed by atoms with E-state index in [1.165, 1.54) is 11.8 Å². The number of nitrogens with one attached hydrogen (secondary N) is 1. The van der Waals surface area contributed by atoms with Crippen LogP contribution < -0.4 is 5.48 Å². The van der Waals surface area contributed by atoms with Gasteiger partial charge in [0.05, 0.1) is 22.7 Å². The predicted octanol–water partition coefficient (Wildman–Crippen LogP) is 3.04. The summed E-state index contributed by atoms with van der Waals surface area (Å²) in [5.74, 6) is -0.483. The maximum atomic E-state index is 12.1. The number of carbonyl (C=O) groups is 1. The molecule has 6 nitrogen and oxygen atoms in total. The van der Waals surface area contributed by atoms with Crippen molar-refractivity contribution >= 4 is 33.7 Å². The van der Waals surface area contributed by atoms with E-state index < -0.39 is 17.3 Å². The molecule has 1 aliphatic rings. The molecule has 0 aliphatic carbocycles. The second-order valence-electron chi connectivity index (χ2n) is 5.88. The van der Waals surface area contributed by atoms with Crippen LogP contribution in [0.15, 0.2) is 67.0 Å². The number of imidazole rings is 1. The molecular formula is C19H17N3O3S. The Labute approximate surface area is 154 Å². The zero-order chi connectivity index (χ0) is 17.9. The maximum absolute atomic E-state index is 12.1. The summed E-state index contributed by atoms with van der Waals surface area (Å²) in [5, 5.41) is 9.36. The van der Waals surface area contributed by atoms with E-state index in [1.807, 2.05) is 65.2 Å². The van der Waals surface area contributed by atoms with Crippen molar-refractivity contribution < 1.29 is 14.7 Å². The van der Waals surface area contributed by atoms with Crippen molar-refractivity contribution in [2.45, 2.75) is 18.0 Å². The Kier molecular flexibility index (Phi) is 4.75. The molecule has 1 aliphatic heterocycles. The minimum absolute atomic E-state index is 0.385. The summed E-state index contributed by atoms with van der Waals surface area (Å²) in [6.07, 6.45) is 3.18. The largest absolute Gasteiger partial charge is 0.368 e. The van der Waals surface area contributed by atoms with Gasteiger partial charge in [0.15, 0.2) is 0 Å². The van der Waals surface area contributed by atoms with Gasteiger partial charge in [-0.05, 0) is 23.8 Å². The molecule has 1 amide bonds. The SMILES string of the molecule is O=C(NO)C1SC(n2cnc3ccccc32)=CC1OCc1ccccc1. The van der Waals surface area contributed by atoms with Crippen LogP contribution in [-0.2, 0) is 16.1 Å². The molecule has 2 unspecified atom stereocenters. The lowest BCUT2D eigenvalue weighted by Crippen LogP contribution is -2.37. The lowest BCUT2D eigenvalue weighted by atomic mass is 10.2. The standard InChI is InChI=1S/C19H17N3O3S/c23-19(21-24)18-16(25-11-13-6-2-1-3-7-13)10-17(26-18)22-12-20-14-8-4-5-9-15(14)22/h1-10,12,16,18,24H,11H2,(H,21,23). The van der Waals surface area contributed by atoms with Crippen molar-refractivity contribution in [3.05, 3.63) is 72.6 Å². The molecule has 0 bridgehead atoms. The van der Waals surface area contributed by atoms with Gasteiger partial charge in [-0.1, -0.05) is 54.2 Å². The number of fused-ring (bicyclic) bond motifs is 1. The third-order valence-corrected chi connectivity index (χ3v) is 5.51. The average molecular weight is 367 g/mol. The highest BCUT2D eigenvalue weighted by Crippen LogP contribution is 2.39. The number of benzene rings is 2. The number of hydrogen-bond acceptors (Lipinski definition) is 5. The maximum Gasteiger partial charge on any atom is 0.259 e. The summed E-state index contributed by atoms with van der Waals surface area (Å²) in [4.78, 5) is 16.5. The molecule has 0 radical (unpaired) electrons. The molecule has 7 heteroatoms. The number of para-hydroxylation sites is 2. The zero-order valence-electron chi connectivity index (χ0n) is 13.8. The Hall–Kier alpha value is -2.61. The Bertz CT molecular complexity index is 955. The summed E-state index contributed by atoms with van der Waals surface area (Å²) in [6, 6.07) is 17.6. The Morgan fingerprint density at radius 1 is 1.19 bits per heavy atom. The Balaban J connectivity index is 1.60. The van der Waals surface area contributed by atoms with E-state index >= 15 is 0 Å². The molecule has 0 saturated heterocycles. The van der Waals surface area contributed by atoms with Gasteiger partial charge >= 0.3 is 0 Å². The summed E-state index contributed by atoms with van der Waals surface area (Å²) < 4.78 is 7.90. The van der Waals surface area contributed by atoms with E-state index in [0.29, 0.717) is 6.61 Å². The molecule has 0 fully saturated rings. The van der Waals surface area contributed by atoms with Gasteiger partial charge in [-0.2, -0.15) is 0 Å². The van der Waals surface area contributed by atoms with Gasteiger partial charge in [0.1, 0.15) is 17.7 Å². The first-order chi connectivity index (χ1) is 12.8. The molecule has 132 valence electrons. The summed E-state index contributed by atoms with van der Waals surface area (Å²) in [6.45, 7) is 0.385. The van der Waals surface area contributed by atoms with E-state index in [1.54, 1.807) is 11.8 Å². The highest BCUT2D eigenvalue weighted by molar-refractivity contribution is 8.09. The van der Waals surface area contributed by atoms with Crippen molar-refractivity contribution in [2.75, 3.05) is 0 Å². The highest BCUT2D eigenvalue weighted by atomic mass is 32.2. The fourth-order valence-electron chi connectivity index (χ4n) is 2.90. The number of rotatable bonds is 5. The van der Waals surface area contributed by atoms with E-state index in [2.05, 4.69) is 4.98 Å². The summed E-state index contributed by atoms with van der Waals surface area (Å²) in [7, 11) is 0. The fourth-order valence-corrected chi connectivity index (χ4v) is 4.09. The molecule has 0 saturated carbocycles. The van der Waals surface area contributed by atoms with Gasteiger partial charge in [-0.15, -0.1) is 0 Å². The normalized spacial score (nSPS) is 19.5. The lowest BCUT2D eigenvalue weighted by molar-refractivity contribution is -0.130. The number of carbonyl (C=O) groups excluding carboxylic acids is 1. The van der Waals surface area contributed by atoms with Crippen molar-refractivity contribution in [3.63, 3.8) is 0 Å².